The Kier molecular flexibility index (Phi) is 7.90. The van der Waals surface area contributed by atoms with Crippen LogP contribution >= 0.6 is 35.6 Å². The number of hydrogen-bond acceptors (Lipinski definition) is 3. The van der Waals surface area contributed by atoms with E-state index in [1.54, 1.807) is 0 Å². The van der Waals surface area contributed by atoms with Crippen molar-refractivity contribution < 1.29 is 0 Å². The third-order valence-electron chi connectivity index (χ3n) is 4.39. The van der Waals surface area contributed by atoms with E-state index in [0.29, 0.717) is 12.0 Å². The molecule has 0 spiro atoms. The van der Waals surface area contributed by atoms with Crippen molar-refractivity contribution in [2.24, 2.45) is 10.7 Å². The van der Waals surface area contributed by atoms with Gasteiger partial charge in [-0.05, 0) is 37.5 Å². The minimum absolute atomic E-state index is 0. The van der Waals surface area contributed by atoms with Crippen molar-refractivity contribution in [3.05, 3.63) is 29.3 Å². The van der Waals surface area contributed by atoms with Crippen LogP contribution in [0.4, 0.5) is 5.69 Å². The molecule has 0 unspecified atom stereocenters. The lowest BCUT2D eigenvalue weighted by molar-refractivity contribution is 0.256. The molecule has 1 heterocycles. The summed E-state index contributed by atoms with van der Waals surface area (Å²) in [6, 6.07) is 8.69. The molecule has 1 aromatic rings. The van der Waals surface area contributed by atoms with Gasteiger partial charge in [0, 0.05) is 56.0 Å². The highest BCUT2D eigenvalue weighted by atomic mass is 127. The van der Waals surface area contributed by atoms with Crippen LogP contribution in [0, 0.1) is 0 Å². The van der Waals surface area contributed by atoms with E-state index in [0.717, 1.165) is 50.7 Å². The van der Waals surface area contributed by atoms with Gasteiger partial charge in [-0.1, -0.05) is 17.7 Å². The standard InChI is InChI=1S/C17H26ClN5.HI/c18-14-3-1-4-16(13-14)23-11-9-22(10-12-23)8-2-7-20-17(19)21-15-5-6-15;/h1,3-4,13,15H,2,5-12H2,(H3,19,20,21);1H. The highest BCUT2D eigenvalue weighted by Gasteiger charge is 2.21. The van der Waals surface area contributed by atoms with Crippen LogP contribution in [0.2, 0.25) is 5.02 Å². The fraction of sp³-hybridized carbons (Fsp3) is 0.588. The van der Waals surface area contributed by atoms with Crippen LogP contribution in [0.15, 0.2) is 29.3 Å². The van der Waals surface area contributed by atoms with E-state index in [4.69, 9.17) is 17.3 Å². The Labute approximate surface area is 166 Å². The third-order valence-corrected chi connectivity index (χ3v) is 4.62. The maximum atomic E-state index is 6.07. The molecule has 0 radical (unpaired) electrons. The van der Waals surface area contributed by atoms with Crippen molar-refractivity contribution in [2.45, 2.75) is 25.3 Å². The molecule has 0 aromatic heterocycles. The van der Waals surface area contributed by atoms with Crippen LogP contribution in [0.25, 0.3) is 0 Å². The summed E-state index contributed by atoms with van der Waals surface area (Å²) >= 11 is 6.07. The number of piperazine rings is 1. The van der Waals surface area contributed by atoms with Crippen molar-refractivity contribution in [3.8, 4) is 0 Å². The molecule has 0 bridgehead atoms. The fourth-order valence-corrected chi connectivity index (χ4v) is 3.06. The summed E-state index contributed by atoms with van der Waals surface area (Å²) in [6.07, 6.45) is 3.52. The van der Waals surface area contributed by atoms with Crippen molar-refractivity contribution in [1.82, 2.24) is 10.2 Å². The van der Waals surface area contributed by atoms with Crippen molar-refractivity contribution >= 4 is 47.2 Å². The number of nitrogens with zero attached hydrogens (tertiary/aromatic N) is 3. The van der Waals surface area contributed by atoms with E-state index in [-0.39, 0.29) is 24.0 Å². The summed E-state index contributed by atoms with van der Waals surface area (Å²) in [4.78, 5) is 9.29. The zero-order valence-electron chi connectivity index (χ0n) is 14.0. The maximum Gasteiger partial charge on any atom is 0.188 e. The molecule has 3 rings (SSSR count). The molecule has 1 saturated heterocycles. The molecule has 1 aliphatic carbocycles. The molecular formula is C17H27ClIN5. The molecule has 2 fully saturated rings. The Hall–Kier alpha value is -0.730. The lowest BCUT2D eigenvalue weighted by Crippen LogP contribution is -2.46. The monoisotopic (exact) mass is 463 g/mol. The lowest BCUT2D eigenvalue weighted by atomic mass is 10.2. The van der Waals surface area contributed by atoms with Crippen molar-refractivity contribution in [2.75, 3.05) is 44.2 Å². The minimum atomic E-state index is 0. The molecule has 0 atom stereocenters. The second-order valence-electron chi connectivity index (χ2n) is 6.35. The molecule has 7 heteroatoms. The topological polar surface area (TPSA) is 56.9 Å². The number of halogens is 2. The Morgan fingerprint density at radius 3 is 2.67 bits per heavy atom. The van der Waals surface area contributed by atoms with Gasteiger partial charge in [-0.2, -0.15) is 0 Å². The van der Waals surface area contributed by atoms with Gasteiger partial charge in [0.05, 0.1) is 0 Å². The largest absolute Gasteiger partial charge is 0.370 e. The van der Waals surface area contributed by atoms with Crippen molar-refractivity contribution in [3.63, 3.8) is 0 Å². The van der Waals surface area contributed by atoms with Crippen LogP contribution in [0.3, 0.4) is 0 Å². The molecule has 3 N–H and O–H groups in total. The second-order valence-corrected chi connectivity index (χ2v) is 6.78. The van der Waals surface area contributed by atoms with E-state index >= 15 is 0 Å². The average Bonchev–Trinajstić information content (AvgIpc) is 3.36. The first-order valence-electron chi connectivity index (χ1n) is 8.50. The Balaban J connectivity index is 0.00000208. The Morgan fingerprint density at radius 2 is 2.00 bits per heavy atom. The van der Waals surface area contributed by atoms with Gasteiger partial charge in [-0.15, -0.1) is 24.0 Å². The van der Waals surface area contributed by atoms with Gasteiger partial charge < -0.3 is 16.0 Å². The molecule has 24 heavy (non-hydrogen) atoms. The first kappa shape index (κ1) is 19.6. The van der Waals surface area contributed by atoms with Gasteiger partial charge in [0.15, 0.2) is 5.96 Å². The van der Waals surface area contributed by atoms with Crippen LogP contribution in [0.1, 0.15) is 19.3 Å². The molecule has 5 nitrogen and oxygen atoms in total. The normalized spacial score (nSPS) is 19.0. The molecule has 134 valence electrons. The number of nitrogens with two attached hydrogens (primary N) is 1. The molecular weight excluding hydrogens is 437 g/mol. The quantitative estimate of drug-likeness (QED) is 0.295. The summed E-state index contributed by atoms with van der Waals surface area (Å²) < 4.78 is 0. The van der Waals surface area contributed by atoms with E-state index in [2.05, 4.69) is 26.2 Å². The molecule has 0 amide bonds. The Morgan fingerprint density at radius 1 is 1.25 bits per heavy atom. The number of anilines is 1. The summed E-state index contributed by atoms with van der Waals surface area (Å²) in [5.74, 6) is 0.610. The third kappa shape index (κ3) is 6.29. The van der Waals surface area contributed by atoms with Gasteiger partial charge in [0.2, 0.25) is 0 Å². The molecule has 2 aliphatic rings. The van der Waals surface area contributed by atoms with Gasteiger partial charge >= 0.3 is 0 Å². The van der Waals surface area contributed by atoms with Gasteiger partial charge in [-0.3, -0.25) is 9.89 Å². The first-order chi connectivity index (χ1) is 11.2. The summed E-state index contributed by atoms with van der Waals surface area (Å²) in [7, 11) is 0. The predicted molar refractivity (Wildman–Crippen MR) is 113 cm³/mol. The number of benzene rings is 1. The maximum absolute atomic E-state index is 6.07. The minimum Gasteiger partial charge on any atom is -0.370 e. The number of hydrogen-bond donors (Lipinski definition) is 2. The van der Waals surface area contributed by atoms with Gasteiger partial charge in [0.1, 0.15) is 0 Å². The summed E-state index contributed by atoms with van der Waals surface area (Å²) in [5.41, 5.74) is 7.06. The zero-order valence-corrected chi connectivity index (χ0v) is 17.0. The highest BCUT2D eigenvalue weighted by molar-refractivity contribution is 14.0. The number of aliphatic imine (C=N–C) groups is 1. The van der Waals surface area contributed by atoms with Crippen LogP contribution in [0.5, 0.6) is 0 Å². The van der Waals surface area contributed by atoms with Gasteiger partial charge in [0.25, 0.3) is 0 Å². The Bertz CT molecular complexity index is 542. The van der Waals surface area contributed by atoms with Crippen LogP contribution < -0.4 is 16.0 Å². The summed E-state index contributed by atoms with van der Waals surface area (Å²) in [6.45, 7) is 6.17. The van der Waals surface area contributed by atoms with Crippen LogP contribution in [-0.2, 0) is 0 Å². The predicted octanol–water partition coefficient (Wildman–Crippen LogP) is 2.54. The number of rotatable bonds is 6. The smallest absolute Gasteiger partial charge is 0.188 e. The average molecular weight is 464 g/mol. The van der Waals surface area contributed by atoms with Gasteiger partial charge in [-0.25, -0.2) is 0 Å². The summed E-state index contributed by atoms with van der Waals surface area (Å²) in [5, 5.41) is 4.02. The number of nitrogens with one attached hydrogen (secondary N) is 1. The van der Waals surface area contributed by atoms with E-state index in [1.165, 1.54) is 18.5 Å². The highest BCUT2D eigenvalue weighted by Crippen LogP contribution is 2.20. The van der Waals surface area contributed by atoms with E-state index < -0.39 is 0 Å². The SMILES string of the molecule is I.NC(=NCCCN1CCN(c2cccc(Cl)c2)CC1)NC1CC1. The van der Waals surface area contributed by atoms with E-state index in [9.17, 15) is 0 Å². The zero-order chi connectivity index (χ0) is 16.1. The second kappa shape index (κ2) is 9.68. The van der Waals surface area contributed by atoms with Crippen LogP contribution in [-0.4, -0.2) is 56.2 Å². The molecule has 1 aromatic carbocycles. The lowest BCUT2D eigenvalue weighted by Gasteiger charge is -2.36. The van der Waals surface area contributed by atoms with E-state index in [1.807, 2.05) is 18.2 Å². The molecule has 1 saturated carbocycles. The fourth-order valence-electron chi connectivity index (χ4n) is 2.88. The first-order valence-corrected chi connectivity index (χ1v) is 8.88. The molecule has 1 aliphatic heterocycles. The number of guanidine groups is 1. The van der Waals surface area contributed by atoms with Crippen molar-refractivity contribution in [1.29, 1.82) is 0 Å².